The lowest BCUT2D eigenvalue weighted by Crippen LogP contribution is -1.95. The molecule has 1 nitrogen and oxygen atoms in total. The van der Waals surface area contributed by atoms with Crippen LogP contribution in [0.2, 0.25) is 0 Å². The second-order valence-electron chi connectivity index (χ2n) is 4.06. The van der Waals surface area contributed by atoms with E-state index >= 15 is 0 Å². The van der Waals surface area contributed by atoms with Gasteiger partial charge in [0, 0.05) is 18.2 Å². The van der Waals surface area contributed by atoms with E-state index in [2.05, 4.69) is 17.9 Å². The molecule has 0 unspecified atom stereocenters. The van der Waals surface area contributed by atoms with Crippen molar-refractivity contribution in [3.63, 3.8) is 0 Å². The summed E-state index contributed by atoms with van der Waals surface area (Å²) in [6.07, 6.45) is 0. The maximum absolute atomic E-state index is 13.4. The van der Waals surface area contributed by atoms with Crippen LogP contribution in [0.3, 0.4) is 0 Å². The smallest absolute Gasteiger partial charge is 0.146 e. The fraction of sp³-hybridized carbons (Fsp3) is 0.125. The highest BCUT2D eigenvalue weighted by Crippen LogP contribution is 2.08. The number of halogens is 1. The first-order chi connectivity index (χ1) is 8.69. The molecule has 0 saturated carbocycles. The van der Waals surface area contributed by atoms with E-state index in [-0.39, 0.29) is 0 Å². The van der Waals surface area contributed by atoms with Gasteiger partial charge in [-0.3, -0.25) is 0 Å². The van der Waals surface area contributed by atoms with Crippen LogP contribution in [0.25, 0.3) is 0 Å². The summed E-state index contributed by atoms with van der Waals surface area (Å²) in [5, 5.41) is 0. The maximum atomic E-state index is 13.4. The molecule has 2 aromatic carbocycles. The van der Waals surface area contributed by atoms with Gasteiger partial charge in [-0.15, -0.1) is 0 Å². The van der Waals surface area contributed by atoms with Crippen molar-refractivity contribution in [2.75, 3.05) is 0 Å². The number of hydrogen-bond donors (Lipinski definition) is 1. The number of hydrogen-bond acceptors (Lipinski definition) is 1. The van der Waals surface area contributed by atoms with Crippen LogP contribution in [0, 0.1) is 30.6 Å². The van der Waals surface area contributed by atoms with Gasteiger partial charge in [0.1, 0.15) is 5.82 Å². The van der Waals surface area contributed by atoms with Crippen molar-refractivity contribution in [1.29, 1.82) is 0 Å². The zero-order valence-corrected chi connectivity index (χ0v) is 10.1. The van der Waals surface area contributed by atoms with Crippen molar-refractivity contribution >= 4 is 0 Å². The van der Waals surface area contributed by atoms with E-state index in [0.717, 1.165) is 16.7 Å². The normalized spacial score (nSPS) is 9.72. The number of nitrogens with two attached hydrogens (primary N) is 1. The molecule has 2 heteroatoms. The molecular weight excluding hydrogens is 225 g/mol. The minimum Gasteiger partial charge on any atom is -0.326 e. The third-order valence-electron chi connectivity index (χ3n) is 2.57. The Labute approximate surface area is 106 Å². The summed E-state index contributed by atoms with van der Waals surface area (Å²) in [4.78, 5) is 0. The fourth-order valence-electron chi connectivity index (χ4n) is 1.54. The van der Waals surface area contributed by atoms with Crippen LogP contribution in [0.5, 0.6) is 0 Å². The molecule has 0 aliphatic heterocycles. The second kappa shape index (κ2) is 5.48. The van der Waals surface area contributed by atoms with Crippen LogP contribution >= 0.6 is 0 Å². The Morgan fingerprint density at radius 3 is 2.61 bits per heavy atom. The van der Waals surface area contributed by atoms with Crippen LogP contribution in [0.15, 0.2) is 36.4 Å². The van der Waals surface area contributed by atoms with E-state index in [1.54, 1.807) is 12.1 Å². The Hall–Kier alpha value is -2.11. The Balaban J connectivity index is 2.27. The van der Waals surface area contributed by atoms with Gasteiger partial charge in [-0.05, 0) is 42.3 Å². The Morgan fingerprint density at radius 2 is 1.94 bits per heavy atom. The zero-order valence-electron chi connectivity index (χ0n) is 10.1. The van der Waals surface area contributed by atoms with Gasteiger partial charge in [-0.25, -0.2) is 4.39 Å². The summed E-state index contributed by atoms with van der Waals surface area (Å²) in [6.45, 7) is 2.40. The Bertz CT molecular complexity index is 603. The number of rotatable bonds is 1. The first-order valence-electron chi connectivity index (χ1n) is 5.68. The fourth-order valence-corrected chi connectivity index (χ4v) is 1.54. The standard InChI is InChI=1S/C16H13FN/c1-12-2-9-16(17)15(10-12)8-7-13-3-5-14(11-18)6-4-13/h2-6,10H,11,18H2,1H3. The highest BCUT2D eigenvalue weighted by Gasteiger charge is 1.98. The summed E-state index contributed by atoms with van der Waals surface area (Å²) in [7, 11) is 0. The van der Waals surface area contributed by atoms with Crippen molar-refractivity contribution < 1.29 is 4.39 Å². The first-order valence-corrected chi connectivity index (χ1v) is 5.68. The molecule has 2 N–H and O–H groups in total. The average molecular weight is 238 g/mol. The molecule has 0 bridgehead atoms. The predicted molar refractivity (Wildman–Crippen MR) is 70.3 cm³/mol. The topological polar surface area (TPSA) is 26.0 Å². The van der Waals surface area contributed by atoms with Crippen molar-refractivity contribution in [3.8, 4) is 11.8 Å². The molecular formula is C16H13FN. The van der Waals surface area contributed by atoms with E-state index in [1.165, 1.54) is 0 Å². The van der Waals surface area contributed by atoms with Crippen LogP contribution in [-0.2, 0) is 6.54 Å². The lowest BCUT2D eigenvalue weighted by molar-refractivity contribution is 0.621. The van der Waals surface area contributed by atoms with E-state index in [0.29, 0.717) is 12.1 Å². The summed E-state index contributed by atoms with van der Waals surface area (Å²) < 4.78 is 13.4. The lowest BCUT2D eigenvalue weighted by atomic mass is 10.1. The maximum Gasteiger partial charge on any atom is 0.146 e. The van der Waals surface area contributed by atoms with E-state index < -0.39 is 5.82 Å². The SMILES string of the molecule is Cc1c[c]c(F)c(C#Cc2ccc(CN)cc2)c1. The molecule has 0 fully saturated rings. The van der Waals surface area contributed by atoms with Crippen molar-refractivity contribution in [3.05, 3.63) is 70.5 Å². The van der Waals surface area contributed by atoms with Crippen LogP contribution in [0.4, 0.5) is 4.39 Å². The Morgan fingerprint density at radius 1 is 1.22 bits per heavy atom. The van der Waals surface area contributed by atoms with Gasteiger partial charge >= 0.3 is 0 Å². The highest BCUT2D eigenvalue weighted by atomic mass is 19.1. The summed E-state index contributed by atoms with van der Waals surface area (Å²) >= 11 is 0. The van der Waals surface area contributed by atoms with E-state index in [1.807, 2.05) is 31.2 Å². The molecule has 1 radical (unpaired) electrons. The van der Waals surface area contributed by atoms with Gasteiger partial charge in [0.15, 0.2) is 0 Å². The minimum atomic E-state index is -0.410. The predicted octanol–water partition coefficient (Wildman–Crippen LogP) is 2.79. The monoisotopic (exact) mass is 238 g/mol. The molecule has 89 valence electrons. The van der Waals surface area contributed by atoms with Gasteiger partial charge in [-0.2, -0.15) is 0 Å². The van der Waals surface area contributed by atoms with E-state index in [4.69, 9.17) is 5.73 Å². The molecule has 0 heterocycles. The largest absolute Gasteiger partial charge is 0.326 e. The third-order valence-corrected chi connectivity index (χ3v) is 2.57. The van der Waals surface area contributed by atoms with Crippen LogP contribution in [-0.4, -0.2) is 0 Å². The third kappa shape index (κ3) is 2.97. The molecule has 0 aliphatic rings. The minimum absolute atomic E-state index is 0.373. The van der Waals surface area contributed by atoms with Crippen LogP contribution in [0.1, 0.15) is 22.3 Å². The molecule has 0 saturated heterocycles. The van der Waals surface area contributed by atoms with Crippen LogP contribution < -0.4 is 5.73 Å². The second-order valence-corrected chi connectivity index (χ2v) is 4.06. The molecule has 2 rings (SSSR count). The lowest BCUT2D eigenvalue weighted by Gasteiger charge is -1.97. The van der Waals surface area contributed by atoms with Gasteiger partial charge < -0.3 is 5.73 Å². The Kier molecular flexibility index (Phi) is 3.76. The summed E-state index contributed by atoms with van der Waals surface area (Å²) in [6, 6.07) is 13.5. The molecule has 2 aromatic rings. The van der Waals surface area contributed by atoms with Gasteiger partial charge in [0.25, 0.3) is 0 Å². The van der Waals surface area contributed by atoms with Gasteiger partial charge in [-0.1, -0.05) is 24.0 Å². The molecule has 0 amide bonds. The highest BCUT2D eigenvalue weighted by molar-refractivity contribution is 5.44. The summed E-state index contributed by atoms with van der Waals surface area (Å²) in [5.41, 5.74) is 8.72. The van der Waals surface area contributed by atoms with Crippen molar-refractivity contribution in [2.24, 2.45) is 5.73 Å². The number of aryl methyl sites for hydroxylation is 1. The zero-order chi connectivity index (χ0) is 13.0. The first kappa shape index (κ1) is 12.3. The average Bonchev–Trinajstić information content (AvgIpc) is 2.40. The van der Waals surface area contributed by atoms with Gasteiger partial charge in [0.05, 0.1) is 5.56 Å². The van der Waals surface area contributed by atoms with Crippen molar-refractivity contribution in [1.82, 2.24) is 0 Å². The molecule has 0 aliphatic carbocycles. The van der Waals surface area contributed by atoms with Crippen molar-refractivity contribution in [2.45, 2.75) is 13.5 Å². The molecule has 18 heavy (non-hydrogen) atoms. The van der Waals surface area contributed by atoms with Gasteiger partial charge in [0.2, 0.25) is 0 Å². The number of benzene rings is 2. The molecule has 0 spiro atoms. The quantitative estimate of drug-likeness (QED) is 0.760. The van der Waals surface area contributed by atoms with E-state index in [9.17, 15) is 4.39 Å². The summed E-state index contributed by atoms with van der Waals surface area (Å²) in [5.74, 6) is 5.34. The molecule has 0 aromatic heterocycles. The molecule has 0 atom stereocenters.